The van der Waals surface area contributed by atoms with Gasteiger partial charge >= 0.3 is 6.18 Å². The molecule has 0 atom stereocenters. The summed E-state index contributed by atoms with van der Waals surface area (Å²) in [4.78, 5) is 31.5. The lowest BCUT2D eigenvalue weighted by atomic mass is 9.76. The third kappa shape index (κ3) is 2.84. The molecule has 0 aliphatic carbocycles. The normalized spacial score (nSPS) is 18.2. The lowest BCUT2D eigenvalue weighted by molar-refractivity contribution is -0.141. The summed E-state index contributed by atoms with van der Waals surface area (Å²) in [6, 6.07) is 2.02. The number of aryl methyl sites for hydroxylation is 1. The molecule has 10 heteroatoms. The van der Waals surface area contributed by atoms with Crippen LogP contribution in [0.5, 0.6) is 0 Å². The molecule has 2 aromatic rings. The van der Waals surface area contributed by atoms with E-state index < -0.39 is 23.3 Å². The second-order valence-corrected chi connectivity index (χ2v) is 6.92. The quantitative estimate of drug-likeness (QED) is 0.794. The number of aromatic nitrogens is 3. The van der Waals surface area contributed by atoms with Crippen molar-refractivity contribution in [2.24, 2.45) is 7.05 Å². The van der Waals surface area contributed by atoms with Crippen LogP contribution in [-0.4, -0.2) is 61.6 Å². The minimum Gasteiger partial charge on any atom is -0.334 e. The van der Waals surface area contributed by atoms with Gasteiger partial charge in [0, 0.05) is 44.6 Å². The standard InChI is InChI=1S/C17H16F3N5O2/c1-23-8-12(7-22-23)15(27)25-5-3-16(25)9-24(10-16)14(26)11-2-4-21-13(6-11)17(18,19)20/h2,4,6-8H,3,5,9-10H2,1H3. The molecule has 27 heavy (non-hydrogen) atoms. The zero-order valence-electron chi connectivity index (χ0n) is 14.4. The fraction of sp³-hybridized carbons (Fsp3) is 0.412. The Bertz CT molecular complexity index is 917. The van der Waals surface area contributed by atoms with Crippen LogP contribution in [0.3, 0.4) is 0 Å². The highest BCUT2D eigenvalue weighted by Crippen LogP contribution is 2.40. The highest BCUT2D eigenvalue weighted by molar-refractivity contribution is 5.97. The Kier molecular flexibility index (Phi) is 3.76. The zero-order valence-corrected chi connectivity index (χ0v) is 14.4. The number of alkyl halides is 3. The molecule has 0 aromatic carbocycles. The van der Waals surface area contributed by atoms with Gasteiger partial charge in [-0.1, -0.05) is 0 Å². The smallest absolute Gasteiger partial charge is 0.334 e. The average molecular weight is 379 g/mol. The Labute approximate surface area is 152 Å². The van der Waals surface area contributed by atoms with Crippen LogP contribution >= 0.6 is 0 Å². The van der Waals surface area contributed by atoms with Gasteiger partial charge in [-0.15, -0.1) is 0 Å². The first-order chi connectivity index (χ1) is 12.7. The van der Waals surface area contributed by atoms with Crippen molar-refractivity contribution >= 4 is 11.8 Å². The van der Waals surface area contributed by atoms with Crippen molar-refractivity contribution in [1.82, 2.24) is 24.6 Å². The van der Waals surface area contributed by atoms with Gasteiger partial charge in [-0.05, 0) is 18.6 Å². The summed E-state index contributed by atoms with van der Waals surface area (Å²) in [5.74, 6) is -0.640. The molecule has 2 aliphatic heterocycles. The Balaban J connectivity index is 1.45. The van der Waals surface area contributed by atoms with Crippen molar-refractivity contribution in [3.63, 3.8) is 0 Å². The number of amides is 2. The van der Waals surface area contributed by atoms with Crippen LogP contribution < -0.4 is 0 Å². The molecular weight excluding hydrogens is 363 g/mol. The van der Waals surface area contributed by atoms with E-state index in [0.29, 0.717) is 25.2 Å². The topological polar surface area (TPSA) is 71.3 Å². The fourth-order valence-corrected chi connectivity index (χ4v) is 3.58. The summed E-state index contributed by atoms with van der Waals surface area (Å²) in [6.07, 6.45) is 0.255. The predicted molar refractivity (Wildman–Crippen MR) is 86.7 cm³/mol. The molecule has 4 heterocycles. The number of rotatable bonds is 2. The van der Waals surface area contributed by atoms with Gasteiger partial charge in [0.15, 0.2) is 0 Å². The van der Waals surface area contributed by atoms with Gasteiger partial charge in [-0.2, -0.15) is 18.3 Å². The Morgan fingerprint density at radius 2 is 1.93 bits per heavy atom. The maximum Gasteiger partial charge on any atom is 0.433 e. The van der Waals surface area contributed by atoms with E-state index >= 15 is 0 Å². The van der Waals surface area contributed by atoms with E-state index in [9.17, 15) is 22.8 Å². The Hall–Kier alpha value is -2.91. The predicted octanol–water partition coefficient (Wildman–Crippen LogP) is 1.57. The minimum atomic E-state index is -4.60. The van der Waals surface area contributed by atoms with E-state index in [-0.39, 0.29) is 11.5 Å². The maximum atomic E-state index is 12.8. The third-order valence-electron chi connectivity index (χ3n) is 5.13. The first-order valence-corrected chi connectivity index (χ1v) is 8.33. The molecule has 2 aliphatic rings. The molecule has 0 unspecified atom stereocenters. The van der Waals surface area contributed by atoms with Crippen molar-refractivity contribution in [2.75, 3.05) is 19.6 Å². The molecule has 1 spiro atoms. The largest absolute Gasteiger partial charge is 0.433 e. The fourth-order valence-electron chi connectivity index (χ4n) is 3.58. The highest BCUT2D eigenvalue weighted by Gasteiger charge is 2.56. The van der Waals surface area contributed by atoms with Gasteiger partial charge in [-0.3, -0.25) is 19.3 Å². The van der Waals surface area contributed by atoms with E-state index in [1.54, 1.807) is 18.1 Å². The average Bonchev–Trinajstić information content (AvgIpc) is 2.98. The zero-order chi connectivity index (χ0) is 19.4. The van der Waals surface area contributed by atoms with Gasteiger partial charge in [-0.25, -0.2) is 0 Å². The minimum absolute atomic E-state index is 0.0587. The molecular formula is C17H16F3N5O2. The summed E-state index contributed by atoms with van der Waals surface area (Å²) in [5, 5.41) is 3.99. The van der Waals surface area contributed by atoms with Crippen LogP contribution in [0.25, 0.3) is 0 Å². The first kappa shape index (κ1) is 17.5. The molecule has 4 rings (SSSR count). The molecule has 0 bridgehead atoms. The molecule has 0 radical (unpaired) electrons. The number of likely N-dealkylation sites (tertiary alicyclic amines) is 2. The lowest BCUT2D eigenvalue weighted by Gasteiger charge is -2.62. The number of halogens is 3. The van der Waals surface area contributed by atoms with Gasteiger partial charge in [0.25, 0.3) is 11.8 Å². The maximum absolute atomic E-state index is 12.8. The van der Waals surface area contributed by atoms with Crippen molar-refractivity contribution < 1.29 is 22.8 Å². The number of hydrogen-bond donors (Lipinski definition) is 0. The summed E-state index contributed by atoms with van der Waals surface area (Å²) in [5.41, 5.74) is -1.11. The molecule has 2 amide bonds. The second-order valence-electron chi connectivity index (χ2n) is 6.92. The van der Waals surface area contributed by atoms with Crippen LogP contribution in [0.2, 0.25) is 0 Å². The number of carbonyl (C=O) groups excluding carboxylic acids is 2. The van der Waals surface area contributed by atoms with Crippen LogP contribution in [0.4, 0.5) is 13.2 Å². The van der Waals surface area contributed by atoms with E-state index in [1.807, 2.05) is 0 Å². The second kappa shape index (κ2) is 5.80. The SMILES string of the molecule is Cn1cc(C(=O)N2CCC23CN(C(=O)c2ccnc(C(F)(F)F)c2)C3)cn1. The highest BCUT2D eigenvalue weighted by atomic mass is 19.4. The molecule has 7 nitrogen and oxygen atoms in total. The Morgan fingerprint density at radius 1 is 1.19 bits per heavy atom. The van der Waals surface area contributed by atoms with Crippen LogP contribution in [-0.2, 0) is 13.2 Å². The summed E-state index contributed by atoms with van der Waals surface area (Å²) in [7, 11) is 1.72. The van der Waals surface area contributed by atoms with E-state index in [4.69, 9.17) is 0 Å². The molecule has 2 saturated heterocycles. The van der Waals surface area contributed by atoms with E-state index in [2.05, 4.69) is 10.1 Å². The van der Waals surface area contributed by atoms with Crippen LogP contribution in [0, 0.1) is 0 Å². The van der Waals surface area contributed by atoms with Crippen LogP contribution in [0.15, 0.2) is 30.7 Å². The number of hydrogen-bond acceptors (Lipinski definition) is 4. The van der Waals surface area contributed by atoms with Gasteiger partial charge < -0.3 is 9.80 Å². The first-order valence-electron chi connectivity index (χ1n) is 8.33. The number of pyridine rings is 1. The molecule has 0 saturated carbocycles. The monoisotopic (exact) mass is 379 g/mol. The molecule has 2 fully saturated rings. The van der Waals surface area contributed by atoms with Crippen molar-refractivity contribution in [2.45, 2.75) is 18.1 Å². The molecule has 2 aromatic heterocycles. The van der Waals surface area contributed by atoms with Crippen LogP contribution in [0.1, 0.15) is 32.8 Å². The molecule has 0 N–H and O–H groups in total. The number of nitrogens with zero attached hydrogens (tertiary/aromatic N) is 5. The van der Waals surface area contributed by atoms with E-state index in [1.165, 1.54) is 21.8 Å². The van der Waals surface area contributed by atoms with Gasteiger partial charge in [0.2, 0.25) is 0 Å². The summed E-state index contributed by atoms with van der Waals surface area (Å²) in [6.45, 7) is 1.20. The number of carbonyl (C=O) groups is 2. The summed E-state index contributed by atoms with van der Waals surface area (Å²) < 4.78 is 39.9. The van der Waals surface area contributed by atoms with Crippen molar-refractivity contribution in [1.29, 1.82) is 0 Å². The third-order valence-corrected chi connectivity index (χ3v) is 5.13. The van der Waals surface area contributed by atoms with Gasteiger partial charge in [0.05, 0.1) is 17.3 Å². The van der Waals surface area contributed by atoms with Crippen molar-refractivity contribution in [3.05, 3.63) is 47.5 Å². The molecule has 142 valence electrons. The van der Waals surface area contributed by atoms with E-state index in [0.717, 1.165) is 18.7 Å². The Morgan fingerprint density at radius 3 is 2.48 bits per heavy atom. The van der Waals surface area contributed by atoms with Gasteiger partial charge in [0.1, 0.15) is 5.69 Å². The van der Waals surface area contributed by atoms with Crippen molar-refractivity contribution in [3.8, 4) is 0 Å². The summed E-state index contributed by atoms with van der Waals surface area (Å²) >= 11 is 0. The lowest BCUT2D eigenvalue weighted by Crippen LogP contribution is -2.78.